The maximum absolute atomic E-state index is 11.5. The van der Waals surface area contributed by atoms with Gasteiger partial charge in [-0.2, -0.15) is 0 Å². The number of nitrogens with zero attached hydrogens (tertiary/aromatic N) is 1. The Kier molecular flexibility index (Phi) is 4.53. The molecule has 1 atom stereocenters. The van der Waals surface area contributed by atoms with Gasteiger partial charge in [-0.15, -0.1) is 0 Å². The van der Waals surface area contributed by atoms with Gasteiger partial charge in [0.1, 0.15) is 0 Å². The lowest BCUT2D eigenvalue weighted by atomic mass is 10.0. The summed E-state index contributed by atoms with van der Waals surface area (Å²) in [6.07, 6.45) is 7.77. The van der Waals surface area contributed by atoms with Gasteiger partial charge in [-0.05, 0) is 12.8 Å². The van der Waals surface area contributed by atoms with Crippen molar-refractivity contribution in [3.63, 3.8) is 0 Å². The summed E-state index contributed by atoms with van der Waals surface area (Å²) in [5.74, 6) is -0.288. The number of rotatable bonds is 6. The average molecular weight is 209 g/mol. The van der Waals surface area contributed by atoms with E-state index in [0.717, 1.165) is 32.1 Å². The minimum atomic E-state index is -0.144. The van der Waals surface area contributed by atoms with E-state index in [2.05, 4.69) is 13.8 Å². The summed E-state index contributed by atoms with van der Waals surface area (Å²) in [5.41, 5.74) is 0. The van der Waals surface area contributed by atoms with E-state index in [1.54, 1.807) is 0 Å². The van der Waals surface area contributed by atoms with Crippen LogP contribution in [0.5, 0.6) is 0 Å². The predicted octanol–water partition coefficient (Wildman–Crippen LogP) is 2.27. The molecule has 3 heteroatoms. The molecule has 0 aromatic rings. The summed E-state index contributed by atoms with van der Waals surface area (Å²) >= 11 is 0. The van der Waals surface area contributed by atoms with Gasteiger partial charge in [0.25, 0.3) is 11.8 Å². The Balaban J connectivity index is 2.62. The molecular weight excluding hydrogens is 190 g/mol. The molecule has 0 saturated carbocycles. The number of imide groups is 1. The molecule has 0 fully saturated rings. The van der Waals surface area contributed by atoms with Gasteiger partial charge in [-0.25, -0.2) is 0 Å². The van der Waals surface area contributed by atoms with Gasteiger partial charge >= 0.3 is 0 Å². The van der Waals surface area contributed by atoms with Crippen molar-refractivity contribution >= 4 is 11.8 Å². The van der Waals surface area contributed by atoms with Crippen LogP contribution in [0.2, 0.25) is 0 Å². The number of hydrogen-bond acceptors (Lipinski definition) is 2. The van der Waals surface area contributed by atoms with Crippen molar-refractivity contribution in [1.82, 2.24) is 4.90 Å². The highest BCUT2D eigenvalue weighted by Gasteiger charge is 2.29. The van der Waals surface area contributed by atoms with Crippen LogP contribution >= 0.6 is 0 Å². The highest BCUT2D eigenvalue weighted by molar-refractivity contribution is 6.13. The molecule has 0 aromatic carbocycles. The fourth-order valence-electron chi connectivity index (χ4n) is 1.95. The van der Waals surface area contributed by atoms with Gasteiger partial charge in [0.05, 0.1) is 0 Å². The first kappa shape index (κ1) is 12.0. The second-order valence-corrected chi connectivity index (χ2v) is 3.96. The third kappa shape index (κ3) is 2.91. The zero-order chi connectivity index (χ0) is 11.3. The molecular formula is C12H19NO2. The van der Waals surface area contributed by atoms with Gasteiger partial charge in [-0.1, -0.05) is 33.1 Å². The summed E-state index contributed by atoms with van der Waals surface area (Å²) in [5, 5.41) is 0. The largest absolute Gasteiger partial charge is 0.272 e. The Morgan fingerprint density at radius 1 is 1.07 bits per heavy atom. The summed E-state index contributed by atoms with van der Waals surface area (Å²) in [7, 11) is 0. The van der Waals surface area contributed by atoms with Crippen molar-refractivity contribution in [2.45, 2.75) is 52.0 Å². The summed E-state index contributed by atoms with van der Waals surface area (Å²) in [4.78, 5) is 24.4. The van der Waals surface area contributed by atoms with E-state index in [1.807, 2.05) is 0 Å². The van der Waals surface area contributed by atoms with E-state index in [4.69, 9.17) is 0 Å². The first-order valence-electron chi connectivity index (χ1n) is 5.76. The lowest BCUT2D eigenvalue weighted by Gasteiger charge is -2.25. The molecule has 0 N–H and O–H groups in total. The number of unbranched alkanes of at least 4 members (excludes halogenated alkanes) is 1. The first-order chi connectivity index (χ1) is 7.20. The van der Waals surface area contributed by atoms with Crippen LogP contribution < -0.4 is 0 Å². The third-order valence-corrected chi connectivity index (χ3v) is 2.72. The van der Waals surface area contributed by atoms with Crippen LogP contribution in [-0.4, -0.2) is 22.8 Å². The molecule has 0 bridgehead atoms. The van der Waals surface area contributed by atoms with Crippen molar-refractivity contribution in [2.24, 2.45) is 0 Å². The summed E-state index contributed by atoms with van der Waals surface area (Å²) in [6.45, 7) is 4.20. The molecule has 15 heavy (non-hydrogen) atoms. The Morgan fingerprint density at radius 2 is 1.67 bits per heavy atom. The van der Waals surface area contributed by atoms with Gasteiger partial charge in [-0.3, -0.25) is 14.5 Å². The van der Waals surface area contributed by atoms with Gasteiger partial charge in [0, 0.05) is 18.2 Å². The van der Waals surface area contributed by atoms with Crippen LogP contribution in [0, 0.1) is 0 Å². The normalized spacial score (nSPS) is 17.6. The second kappa shape index (κ2) is 5.69. The Bertz CT molecular complexity index is 253. The van der Waals surface area contributed by atoms with E-state index in [-0.39, 0.29) is 17.9 Å². The van der Waals surface area contributed by atoms with Crippen LogP contribution in [0.3, 0.4) is 0 Å². The van der Waals surface area contributed by atoms with E-state index < -0.39 is 0 Å². The number of hydrogen-bond donors (Lipinski definition) is 0. The van der Waals surface area contributed by atoms with Gasteiger partial charge in [0.15, 0.2) is 0 Å². The van der Waals surface area contributed by atoms with Crippen molar-refractivity contribution in [1.29, 1.82) is 0 Å². The van der Waals surface area contributed by atoms with Crippen LogP contribution in [0.25, 0.3) is 0 Å². The molecule has 0 aliphatic carbocycles. The monoisotopic (exact) mass is 209 g/mol. The van der Waals surface area contributed by atoms with Gasteiger partial charge in [0.2, 0.25) is 0 Å². The number of carbonyl (C=O) groups is 2. The number of amides is 2. The second-order valence-electron chi connectivity index (χ2n) is 3.96. The molecule has 1 rings (SSSR count). The molecule has 84 valence electrons. The zero-order valence-electron chi connectivity index (χ0n) is 9.53. The quantitative estimate of drug-likeness (QED) is 0.629. The van der Waals surface area contributed by atoms with E-state index >= 15 is 0 Å². The standard InChI is InChI=1S/C12H19NO2/c1-3-5-7-10(6-4-2)13-11(14)8-9-12(13)15/h8-10H,3-7H2,1-2H3. The highest BCUT2D eigenvalue weighted by Crippen LogP contribution is 2.18. The lowest BCUT2D eigenvalue weighted by Crippen LogP contribution is -2.39. The van der Waals surface area contributed by atoms with E-state index in [0.29, 0.717) is 0 Å². The van der Waals surface area contributed by atoms with E-state index in [9.17, 15) is 9.59 Å². The van der Waals surface area contributed by atoms with Crippen molar-refractivity contribution < 1.29 is 9.59 Å². The van der Waals surface area contributed by atoms with Crippen molar-refractivity contribution in [3.05, 3.63) is 12.2 Å². The third-order valence-electron chi connectivity index (χ3n) is 2.72. The molecule has 1 heterocycles. The van der Waals surface area contributed by atoms with Crippen LogP contribution in [0.4, 0.5) is 0 Å². The SMILES string of the molecule is CCCCC(CCC)N1C(=O)C=CC1=O. The first-order valence-corrected chi connectivity index (χ1v) is 5.76. The predicted molar refractivity (Wildman–Crippen MR) is 59.2 cm³/mol. The minimum Gasteiger partial charge on any atom is -0.272 e. The molecule has 2 amide bonds. The Morgan fingerprint density at radius 3 is 2.13 bits per heavy atom. The molecule has 1 aliphatic rings. The fraction of sp³-hybridized carbons (Fsp3) is 0.667. The van der Waals surface area contributed by atoms with Crippen molar-refractivity contribution in [3.8, 4) is 0 Å². The highest BCUT2D eigenvalue weighted by atomic mass is 16.2. The van der Waals surface area contributed by atoms with E-state index in [1.165, 1.54) is 17.1 Å². The Hall–Kier alpha value is -1.12. The molecule has 1 aliphatic heterocycles. The summed E-state index contributed by atoms with van der Waals surface area (Å²) < 4.78 is 0. The zero-order valence-corrected chi connectivity index (χ0v) is 9.53. The van der Waals surface area contributed by atoms with Crippen LogP contribution in [0.15, 0.2) is 12.2 Å². The minimum absolute atomic E-state index is 0.102. The maximum atomic E-state index is 11.5. The molecule has 3 nitrogen and oxygen atoms in total. The van der Waals surface area contributed by atoms with Crippen molar-refractivity contribution in [2.75, 3.05) is 0 Å². The molecule has 0 spiro atoms. The van der Waals surface area contributed by atoms with Crippen LogP contribution in [0.1, 0.15) is 46.0 Å². The molecule has 1 unspecified atom stereocenters. The van der Waals surface area contributed by atoms with Crippen LogP contribution in [-0.2, 0) is 9.59 Å². The Labute approximate surface area is 91.1 Å². The number of carbonyl (C=O) groups excluding carboxylic acids is 2. The topological polar surface area (TPSA) is 37.4 Å². The molecule has 0 radical (unpaired) electrons. The summed E-state index contributed by atoms with van der Waals surface area (Å²) in [6, 6.07) is 0.102. The lowest BCUT2D eigenvalue weighted by molar-refractivity contribution is -0.139. The molecule has 0 saturated heterocycles. The molecule has 0 aromatic heterocycles. The maximum Gasteiger partial charge on any atom is 0.253 e. The fourth-order valence-corrected chi connectivity index (χ4v) is 1.95. The van der Waals surface area contributed by atoms with Gasteiger partial charge < -0.3 is 0 Å². The average Bonchev–Trinajstić information content (AvgIpc) is 2.54. The smallest absolute Gasteiger partial charge is 0.253 e.